The van der Waals surface area contributed by atoms with Gasteiger partial charge in [0.25, 0.3) is 11.9 Å². The molecule has 1 amide bonds. The molecule has 0 atom stereocenters. The van der Waals surface area contributed by atoms with E-state index in [1.54, 1.807) is 38.1 Å². The number of benzene rings is 1. The molecule has 13 heteroatoms. The number of carbonyl (C=O) groups is 1. The van der Waals surface area contributed by atoms with Gasteiger partial charge in [0.15, 0.2) is 0 Å². The van der Waals surface area contributed by atoms with Crippen LogP contribution in [0.4, 0.5) is 30.4 Å². The standard InChI is InChI=1S/C19H20N8O2.C5H9F3/c1-2-11(9-20)18(28)27-16-5-3-4-15(26-16)17(23)29-19(24)25-13-6-7-14(22)12(8-13)10-21;1-2-3-4-5(6,7)8/h2-10,20-21,23H,22H2,1H3,(H2,24,25)(H,26,27,28);2-4H2,1H3/b11-2+,20-9?,21-10?,23-17?;. The first-order valence-electron chi connectivity index (χ1n) is 11.0. The van der Waals surface area contributed by atoms with Crippen LogP contribution in [0.2, 0.25) is 0 Å². The number of halogens is 3. The summed E-state index contributed by atoms with van der Waals surface area (Å²) < 4.78 is 38.9. The van der Waals surface area contributed by atoms with Crippen molar-refractivity contribution in [2.45, 2.75) is 39.3 Å². The topological polar surface area (TPSA) is 187 Å². The average Bonchev–Trinajstić information content (AvgIpc) is 2.84. The van der Waals surface area contributed by atoms with Gasteiger partial charge >= 0.3 is 6.18 Å². The van der Waals surface area contributed by atoms with Crippen molar-refractivity contribution in [1.82, 2.24) is 4.98 Å². The highest BCUT2D eigenvalue weighted by molar-refractivity contribution is 6.16. The fourth-order valence-electron chi connectivity index (χ4n) is 2.54. The molecule has 1 aromatic heterocycles. The number of nitrogens with two attached hydrogens (primary N) is 2. The minimum absolute atomic E-state index is 0.121. The molecule has 0 aliphatic rings. The number of rotatable bonds is 8. The van der Waals surface area contributed by atoms with Gasteiger partial charge in [-0.2, -0.15) is 18.2 Å². The molecule has 1 heterocycles. The van der Waals surface area contributed by atoms with E-state index in [2.05, 4.69) is 15.3 Å². The summed E-state index contributed by atoms with van der Waals surface area (Å²) in [4.78, 5) is 20.1. The molecule has 0 radical (unpaired) electrons. The molecule has 10 nitrogen and oxygen atoms in total. The highest BCUT2D eigenvalue weighted by Crippen LogP contribution is 2.21. The van der Waals surface area contributed by atoms with Crippen molar-refractivity contribution in [1.29, 1.82) is 16.2 Å². The summed E-state index contributed by atoms with van der Waals surface area (Å²) in [6.07, 6.45) is -0.199. The van der Waals surface area contributed by atoms with E-state index < -0.39 is 18.5 Å². The third-order valence-electron chi connectivity index (χ3n) is 4.44. The molecule has 198 valence electrons. The molecule has 0 bridgehead atoms. The van der Waals surface area contributed by atoms with Crippen LogP contribution in [0.3, 0.4) is 0 Å². The number of aromatic nitrogens is 1. The first-order chi connectivity index (χ1) is 17.4. The van der Waals surface area contributed by atoms with E-state index in [1.807, 2.05) is 0 Å². The number of nitrogens with one attached hydrogen (secondary N) is 4. The zero-order chi connectivity index (χ0) is 28.0. The third kappa shape index (κ3) is 11.2. The van der Waals surface area contributed by atoms with Gasteiger partial charge in [0, 0.05) is 30.1 Å². The van der Waals surface area contributed by atoms with Crippen LogP contribution < -0.4 is 16.8 Å². The lowest BCUT2D eigenvalue weighted by molar-refractivity contribution is -0.135. The Bertz CT molecular complexity index is 1180. The van der Waals surface area contributed by atoms with Crippen molar-refractivity contribution in [3.05, 3.63) is 59.3 Å². The van der Waals surface area contributed by atoms with Gasteiger partial charge in [-0.25, -0.2) is 4.98 Å². The number of anilines is 2. The Morgan fingerprint density at radius 1 is 1.24 bits per heavy atom. The van der Waals surface area contributed by atoms with Crippen LogP contribution in [0.1, 0.15) is 44.4 Å². The first kappa shape index (κ1) is 30.5. The number of hydrogen-bond acceptors (Lipinski definition) is 8. The lowest BCUT2D eigenvalue weighted by Gasteiger charge is -2.08. The second kappa shape index (κ2) is 14.8. The number of ether oxygens (including phenoxy) is 1. The van der Waals surface area contributed by atoms with Gasteiger partial charge in [0.05, 0.1) is 11.3 Å². The normalized spacial score (nSPS) is 11.6. The van der Waals surface area contributed by atoms with Crippen molar-refractivity contribution < 1.29 is 22.7 Å². The quantitative estimate of drug-likeness (QED) is 0.125. The number of nitrogen functional groups attached to an aromatic ring is 1. The summed E-state index contributed by atoms with van der Waals surface area (Å²) in [6, 6.07) is 9.06. The lowest BCUT2D eigenvalue weighted by atomic mass is 10.2. The van der Waals surface area contributed by atoms with Gasteiger partial charge in [-0.3, -0.25) is 10.2 Å². The molecule has 8 N–H and O–H groups in total. The van der Waals surface area contributed by atoms with Gasteiger partial charge in [0.1, 0.15) is 11.5 Å². The van der Waals surface area contributed by atoms with Crippen LogP contribution in [-0.4, -0.2) is 41.4 Å². The lowest BCUT2D eigenvalue weighted by Crippen LogP contribution is -2.22. The van der Waals surface area contributed by atoms with Gasteiger partial charge in [0.2, 0.25) is 5.90 Å². The van der Waals surface area contributed by atoms with Crippen LogP contribution in [0.25, 0.3) is 0 Å². The minimum Gasteiger partial charge on any atom is -0.405 e. The predicted molar refractivity (Wildman–Crippen MR) is 139 cm³/mol. The maximum absolute atomic E-state index is 12.0. The highest BCUT2D eigenvalue weighted by atomic mass is 19.4. The third-order valence-corrected chi connectivity index (χ3v) is 4.44. The second-order valence-corrected chi connectivity index (χ2v) is 7.31. The average molecular weight is 519 g/mol. The number of allylic oxidation sites excluding steroid dienone is 1. The van der Waals surface area contributed by atoms with Crippen molar-refractivity contribution in [3.8, 4) is 0 Å². The van der Waals surface area contributed by atoms with Crippen LogP contribution in [0, 0.1) is 16.2 Å². The molecule has 0 saturated carbocycles. The maximum Gasteiger partial charge on any atom is 0.389 e. The molecule has 2 aromatic rings. The Hall–Kier alpha value is -4.55. The molecular weight excluding hydrogens is 489 g/mol. The van der Waals surface area contributed by atoms with E-state index in [1.165, 1.54) is 18.2 Å². The number of hydrogen-bond donors (Lipinski definition) is 6. The number of unbranched alkanes of at least 4 members (excludes halogenated alkanes) is 1. The van der Waals surface area contributed by atoms with Gasteiger partial charge in [-0.15, -0.1) is 0 Å². The van der Waals surface area contributed by atoms with E-state index in [0.29, 0.717) is 23.4 Å². The van der Waals surface area contributed by atoms with Crippen molar-refractivity contribution >= 4 is 47.4 Å². The Morgan fingerprint density at radius 2 is 1.95 bits per heavy atom. The Kier molecular flexibility index (Phi) is 12.2. The summed E-state index contributed by atoms with van der Waals surface area (Å²) in [5.74, 6) is -0.680. The maximum atomic E-state index is 12.0. The van der Waals surface area contributed by atoms with Crippen LogP contribution >= 0.6 is 0 Å². The number of carbonyl (C=O) groups excluding carboxylic acids is 1. The molecule has 1 aromatic carbocycles. The van der Waals surface area contributed by atoms with E-state index in [9.17, 15) is 18.0 Å². The summed E-state index contributed by atoms with van der Waals surface area (Å²) in [7, 11) is 0. The van der Waals surface area contributed by atoms with Crippen molar-refractivity contribution in [2.75, 3.05) is 11.1 Å². The molecule has 0 aliphatic heterocycles. The highest BCUT2D eigenvalue weighted by Gasteiger charge is 2.25. The van der Waals surface area contributed by atoms with E-state index >= 15 is 0 Å². The fourth-order valence-corrected chi connectivity index (χ4v) is 2.54. The summed E-state index contributed by atoms with van der Waals surface area (Å²) >= 11 is 0. The van der Waals surface area contributed by atoms with Crippen molar-refractivity contribution in [2.24, 2.45) is 10.7 Å². The molecule has 0 spiro atoms. The van der Waals surface area contributed by atoms with Gasteiger partial charge in [-0.05, 0) is 43.7 Å². The molecule has 0 aliphatic carbocycles. The minimum atomic E-state index is -3.95. The molecule has 0 fully saturated rings. The first-order valence-corrected chi connectivity index (χ1v) is 11.0. The molecule has 0 unspecified atom stereocenters. The van der Waals surface area contributed by atoms with Crippen LogP contribution in [-0.2, 0) is 9.53 Å². The fraction of sp³-hybridized carbons (Fsp3) is 0.250. The molecular formula is C24H29F3N8O2. The van der Waals surface area contributed by atoms with E-state index in [0.717, 1.165) is 12.4 Å². The zero-order valence-corrected chi connectivity index (χ0v) is 20.3. The number of amidine groups is 1. The number of nitrogens with zero attached hydrogens (tertiary/aromatic N) is 2. The summed E-state index contributed by atoms with van der Waals surface area (Å²) in [5, 5.41) is 25.0. The Balaban J connectivity index is 0.000000738. The second-order valence-electron chi connectivity index (χ2n) is 7.31. The molecule has 0 saturated heterocycles. The zero-order valence-electron chi connectivity index (χ0n) is 20.3. The van der Waals surface area contributed by atoms with E-state index in [-0.39, 0.29) is 35.4 Å². The monoisotopic (exact) mass is 518 g/mol. The van der Waals surface area contributed by atoms with Gasteiger partial charge in [-0.1, -0.05) is 25.5 Å². The molecule has 37 heavy (non-hydrogen) atoms. The number of amides is 1. The SMILES string of the molecule is C/C=C(\C=N)C(=O)Nc1cccc(C(=N)OC(N)=Nc2ccc(N)c(C=N)c2)n1.CCCCC(F)(F)F. The van der Waals surface area contributed by atoms with Gasteiger partial charge < -0.3 is 32.3 Å². The van der Waals surface area contributed by atoms with Crippen LogP contribution in [0.5, 0.6) is 0 Å². The predicted octanol–water partition coefficient (Wildman–Crippen LogP) is 4.92. The number of pyridine rings is 1. The largest absolute Gasteiger partial charge is 0.405 e. The van der Waals surface area contributed by atoms with Crippen LogP contribution in [0.15, 0.2) is 53.0 Å². The summed E-state index contributed by atoms with van der Waals surface area (Å²) in [5.41, 5.74) is 13.1. The Morgan fingerprint density at radius 3 is 2.49 bits per heavy atom. The number of alkyl halides is 3. The smallest absolute Gasteiger partial charge is 0.389 e. The number of aliphatic imine (C=N–C) groups is 1. The van der Waals surface area contributed by atoms with Crippen molar-refractivity contribution in [3.63, 3.8) is 0 Å². The van der Waals surface area contributed by atoms with E-state index in [4.69, 9.17) is 32.4 Å². The summed E-state index contributed by atoms with van der Waals surface area (Å²) in [6.45, 7) is 3.38. The molecule has 2 rings (SSSR count). The Labute approximate surface area is 212 Å².